The number of phenolic OH excluding ortho intramolecular Hbond substituents is 1. The zero-order valence-corrected chi connectivity index (χ0v) is 11.8. The van der Waals surface area contributed by atoms with Crippen molar-refractivity contribution in [2.45, 2.75) is 0 Å². The summed E-state index contributed by atoms with van der Waals surface area (Å²) in [5.41, 5.74) is 2.01. The molecule has 0 spiro atoms. The molecule has 0 aliphatic heterocycles. The number of aromatic hydroxyl groups is 1. The number of rotatable bonds is 2. The molecule has 0 aliphatic rings. The molecule has 0 aliphatic carbocycles. The summed E-state index contributed by atoms with van der Waals surface area (Å²) in [5.74, 6) is 0.316. The Morgan fingerprint density at radius 1 is 1.10 bits per heavy atom. The average Bonchev–Trinajstić information content (AvgIpc) is 3.15. The third kappa shape index (κ3) is 2.08. The number of hydrogen-bond donors (Lipinski definition) is 1. The molecular formula is C16H11N3OS. The minimum atomic E-state index is 0.316. The first-order valence-electron chi connectivity index (χ1n) is 6.48. The standard InChI is InChI=1S/C16H11N3OS/c20-14-2-1-3-15-13(14)8-16(21-15)11-9-18-19(10-11)12-4-6-17-7-5-12/h1-10,20H. The minimum Gasteiger partial charge on any atom is -0.507 e. The van der Waals surface area contributed by atoms with Gasteiger partial charge in [0.1, 0.15) is 5.75 Å². The highest BCUT2D eigenvalue weighted by Crippen LogP contribution is 2.37. The first-order chi connectivity index (χ1) is 10.3. The van der Waals surface area contributed by atoms with Crippen LogP contribution in [0.1, 0.15) is 0 Å². The summed E-state index contributed by atoms with van der Waals surface area (Å²) in [5, 5.41) is 15.2. The van der Waals surface area contributed by atoms with E-state index in [9.17, 15) is 5.11 Å². The Labute approximate surface area is 124 Å². The lowest BCUT2D eigenvalue weighted by atomic mass is 10.2. The van der Waals surface area contributed by atoms with E-state index in [0.29, 0.717) is 5.75 Å². The van der Waals surface area contributed by atoms with Gasteiger partial charge in [0.15, 0.2) is 0 Å². The van der Waals surface area contributed by atoms with Crippen LogP contribution in [0.2, 0.25) is 0 Å². The molecule has 0 bridgehead atoms. The van der Waals surface area contributed by atoms with Gasteiger partial charge in [0, 0.05) is 39.1 Å². The molecule has 0 saturated heterocycles. The van der Waals surface area contributed by atoms with Crippen LogP contribution in [-0.2, 0) is 0 Å². The number of aromatic nitrogens is 3. The van der Waals surface area contributed by atoms with E-state index in [1.165, 1.54) is 0 Å². The van der Waals surface area contributed by atoms with E-state index < -0.39 is 0 Å². The maximum Gasteiger partial charge on any atom is 0.124 e. The number of pyridine rings is 1. The third-order valence-corrected chi connectivity index (χ3v) is 4.48. The van der Waals surface area contributed by atoms with E-state index in [4.69, 9.17) is 0 Å². The number of benzene rings is 1. The Kier molecular flexibility index (Phi) is 2.72. The maximum atomic E-state index is 9.89. The second kappa shape index (κ2) is 4.71. The summed E-state index contributed by atoms with van der Waals surface area (Å²) in [6, 6.07) is 11.4. The van der Waals surface area contributed by atoms with Crippen molar-refractivity contribution < 1.29 is 5.11 Å². The van der Waals surface area contributed by atoms with E-state index in [-0.39, 0.29) is 0 Å². The van der Waals surface area contributed by atoms with Crippen LogP contribution in [0.5, 0.6) is 5.75 Å². The molecule has 0 unspecified atom stereocenters. The molecule has 4 nitrogen and oxygen atoms in total. The Balaban J connectivity index is 1.79. The van der Waals surface area contributed by atoms with Crippen molar-refractivity contribution in [2.75, 3.05) is 0 Å². The molecule has 0 fully saturated rings. The van der Waals surface area contributed by atoms with Crippen LogP contribution in [0.4, 0.5) is 0 Å². The van der Waals surface area contributed by atoms with Crippen molar-refractivity contribution in [2.24, 2.45) is 0 Å². The second-order valence-corrected chi connectivity index (χ2v) is 5.76. The molecule has 5 heteroatoms. The van der Waals surface area contributed by atoms with Gasteiger partial charge >= 0.3 is 0 Å². The van der Waals surface area contributed by atoms with Crippen molar-refractivity contribution in [1.82, 2.24) is 14.8 Å². The number of fused-ring (bicyclic) bond motifs is 1. The molecule has 0 saturated carbocycles. The minimum absolute atomic E-state index is 0.316. The van der Waals surface area contributed by atoms with Crippen molar-refractivity contribution in [3.05, 3.63) is 61.2 Å². The largest absolute Gasteiger partial charge is 0.507 e. The quantitative estimate of drug-likeness (QED) is 0.610. The Morgan fingerprint density at radius 3 is 2.76 bits per heavy atom. The lowest BCUT2D eigenvalue weighted by Crippen LogP contribution is -1.93. The Hall–Kier alpha value is -2.66. The Bertz CT molecular complexity index is 912. The lowest BCUT2D eigenvalue weighted by Gasteiger charge is -1.98. The smallest absolute Gasteiger partial charge is 0.124 e. The highest BCUT2D eigenvalue weighted by Gasteiger charge is 2.09. The highest BCUT2D eigenvalue weighted by molar-refractivity contribution is 7.22. The zero-order valence-electron chi connectivity index (χ0n) is 11.0. The van der Waals surface area contributed by atoms with Gasteiger partial charge in [-0.15, -0.1) is 11.3 Å². The second-order valence-electron chi connectivity index (χ2n) is 4.68. The normalized spacial score (nSPS) is 11.0. The van der Waals surface area contributed by atoms with E-state index in [1.54, 1.807) is 29.8 Å². The molecule has 0 atom stereocenters. The molecule has 1 N–H and O–H groups in total. The van der Waals surface area contributed by atoms with E-state index >= 15 is 0 Å². The predicted octanol–water partition coefficient (Wildman–Crippen LogP) is 3.85. The van der Waals surface area contributed by atoms with Crippen LogP contribution in [0.3, 0.4) is 0 Å². The van der Waals surface area contributed by atoms with Gasteiger partial charge in [-0.25, -0.2) is 4.68 Å². The molecule has 4 aromatic rings. The van der Waals surface area contributed by atoms with Crippen LogP contribution < -0.4 is 0 Å². The molecular weight excluding hydrogens is 282 g/mol. The molecule has 1 aromatic carbocycles. The van der Waals surface area contributed by atoms with Crippen molar-refractivity contribution in [3.8, 4) is 21.9 Å². The number of thiophene rings is 1. The SMILES string of the molecule is Oc1cccc2sc(-c3cnn(-c4ccncc4)c3)cc12. The van der Waals surface area contributed by atoms with Gasteiger partial charge in [-0.2, -0.15) is 5.10 Å². The molecule has 21 heavy (non-hydrogen) atoms. The molecule has 0 radical (unpaired) electrons. The number of phenols is 1. The highest BCUT2D eigenvalue weighted by atomic mass is 32.1. The first kappa shape index (κ1) is 12.1. The van der Waals surface area contributed by atoms with Crippen molar-refractivity contribution in [1.29, 1.82) is 0 Å². The first-order valence-corrected chi connectivity index (χ1v) is 7.30. The zero-order chi connectivity index (χ0) is 14.2. The van der Waals surface area contributed by atoms with Gasteiger partial charge in [-0.1, -0.05) is 6.07 Å². The molecule has 3 aromatic heterocycles. The van der Waals surface area contributed by atoms with Crippen molar-refractivity contribution >= 4 is 21.4 Å². The average molecular weight is 293 g/mol. The lowest BCUT2D eigenvalue weighted by molar-refractivity contribution is 0.482. The van der Waals surface area contributed by atoms with Gasteiger partial charge in [0.2, 0.25) is 0 Å². The van der Waals surface area contributed by atoms with Gasteiger partial charge in [-0.3, -0.25) is 4.98 Å². The topological polar surface area (TPSA) is 50.9 Å². The maximum absolute atomic E-state index is 9.89. The van der Waals surface area contributed by atoms with Crippen LogP contribution in [0.15, 0.2) is 61.2 Å². The molecule has 3 heterocycles. The summed E-state index contributed by atoms with van der Waals surface area (Å²) in [6.07, 6.45) is 7.31. The molecule has 4 rings (SSSR count). The van der Waals surface area contributed by atoms with Crippen molar-refractivity contribution in [3.63, 3.8) is 0 Å². The van der Waals surface area contributed by atoms with Crippen LogP contribution in [-0.4, -0.2) is 19.9 Å². The van der Waals surface area contributed by atoms with Gasteiger partial charge in [-0.05, 0) is 30.3 Å². The van der Waals surface area contributed by atoms with E-state index in [1.807, 2.05) is 47.4 Å². The fraction of sp³-hybridized carbons (Fsp3) is 0. The summed E-state index contributed by atoms with van der Waals surface area (Å²) >= 11 is 1.65. The number of hydrogen-bond acceptors (Lipinski definition) is 4. The van der Waals surface area contributed by atoms with Crippen LogP contribution >= 0.6 is 11.3 Å². The summed E-state index contributed by atoms with van der Waals surface area (Å²) in [4.78, 5) is 5.10. The third-order valence-electron chi connectivity index (χ3n) is 3.33. The van der Waals surface area contributed by atoms with E-state index in [2.05, 4.69) is 10.1 Å². The molecule has 0 amide bonds. The van der Waals surface area contributed by atoms with Crippen LogP contribution in [0.25, 0.3) is 26.2 Å². The molecule has 102 valence electrons. The van der Waals surface area contributed by atoms with Gasteiger partial charge in [0.25, 0.3) is 0 Å². The summed E-state index contributed by atoms with van der Waals surface area (Å²) in [6.45, 7) is 0. The Morgan fingerprint density at radius 2 is 1.95 bits per heavy atom. The van der Waals surface area contributed by atoms with Gasteiger partial charge < -0.3 is 5.11 Å². The van der Waals surface area contributed by atoms with Gasteiger partial charge in [0.05, 0.1) is 11.9 Å². The van der Waals surface area contributed by atoms with E-state index in [0.717, 1.165) is 26.2 Å². The fourth-order valence-corrected chi connectivity index (χ4v) is 3.33. The monoisotopic (exact) mass is 293 g/mol. The summed E-state index contributed by atoms with van der Waals surface area (Å²) < 4.78 is 2.89. The predicted molar refractivity (Wildman–Crippen MR) is 83.8 cm³/mol. The summed E-state index contributed by atoms with van der Waals surface area (Å²) in [7, 11) is 0. The van der Waals surface area contributed by atoms with Crippen LogP contribution in [0, 0.1) is 0 Å². The number of nitrogens with zero attached hydrogens (tertiary/aromatic N) is 3. The fourth-order valence-electron chi connectivity index (χ4n) is 2.28.